The van der Waals surface area contributed by atoms with Crippen molar-refractivity contribution in [2.75, 3.05) is 11.5 Å². The van der Waals surface area contributed by atoms with E-state index >= 15 is 0 Å². The molecular formula is C30H20N2O4. The molecular weight excluding hydrogens is 452 g/mol. The first-order valence-electron chi connectivity index (χ1n) is 11.5. The zero-order chi connectivity index (χ0) is 25.3. The van der Waals surface area contributed by atoms with Crippen LogP contribution in [0.3, 0.4) is 0 Å². The molecule has 4 aromatic carbocycles. The molecule has 36 heavy (non-hydrogen) atoms. The van der Waals surface area contributed by atoms with Gasteiger partial charge in [0.2, 0.25) is 0 Å². The first-order valence-corrected chi connectivity index (χ1v) is 11.5. The second-order valence-electron chi connectivity index (χ2n) is 9.20. The van der Waals surface area contributed by atoms with Crippen molar-refractivity contribution in [2.24, 2.45) is 0 Å². The van der Waals surface area contributed by atoms with Crippen LogP contribution in [-0.2, 0) is 6.42 Å². The topological polar surface area (TPSA) is 120 Å². The summed E-state index contributed by atoms with van der Waals surface area (Å²) in [6, 6.07) is 18.5. The van der Waals surface area contributed by atoms with Crippen LogP contribution in [0.5, 0.6) is 0 Å². The highest BCUT2D eigenvalue weighted by atomic mass is 16.1. The van der Waals surface area contributed by atoms with Crippen molar-refractivity contribution >= 4 is 34.5 Å². The second kappa shape index (κ2) is 7.58. The number of anilines is 2. The Labute approximate surface area is 206 Å². The van der Waals surface area contributed by atoms with Crippen molar-refractivity contribution in [3.05, 3.63) is 128 Å². The lowest BCUT2D eigenvalue weighted by atomic mass is 9.79. The summed E-state index contributed by atoms with van der Waals surface area (Å²) < 4.78 is 0. The molecule has 0 bridgehead atoms. The van der Waals surface area contributed by atoms with Gasteiger partial charge in [-0.25, -0.2) is 0 Å². The summed E-state index contributed by atoms with van der Waals surface area (Å²) in [6.45, 7) is 1.80. The maximum atomic E-state index is 13.4. The third-order valence-electron chi connectivity index (χ3n) is 7.06. The van der Waals surface area contributed by atoms with Gasteiger partial charge in [0.25, 0.3) is 0 Å². The van der Waals surface area contributed by atoms with E-state index in [-0.39, 0.29) is 63.2 Å². The molecule has 174 valence electrons. The van der Waals surface area contributed by atoms with Crippen molar-refractivity contribution in [3.8, 4) is 0 Å². The van der Waals surface area contributed by atoms with Crippen LogP contribution in [-0.4, -0.2) is 23.1 Å². The van der Waals surface area contributed by atoms with E-state index in [1.165, 1.54) is 0 Å². The number of nitrogen functional groups attached to an aromatic ring is 2. The summed E-state index contributed by atoms with van der Waals surface area (Å²) in [7, 11) is 0. The minimum absolute atomic E-state index is 0.193. The molecule has 0 saturated carbocycles. The molecule has 6 nitrogen and oxygen atoms in total. The number of rotatable bonds is 2. The van der Waals surface area contributed by atoms with Crippen LogP contribution in [0.2, 0.25) is 0 Å². The van der Waals surface area contributed by atoms with Crippen LogP contribution in [0.4, 0.5) is 11.4 Å². The predicted molar refractivity (Wildman–Crippen MR) is 136 cm³/mol. The summed E-state index contributed by atoms with van der Waals surface area (Å²) in [5, 5.41) is 0. The maximum Gasteiger partial charge on any atom is 0.196 e. The molecule has 0 atom stereocenters. The van der Waals surface area contributed by atoms with Crippen LogP contribution in [0.1, 0.15) is 80.4 Å². The van der Waals surface area contributed by atoms with Gasteiger partial charge < -0.3 is 11.5 Å². The first-order chi connectivity index (χ1) is 17.3. The highest BCUT2D eigenvalue weighted by Gasteiger charge is 2.34. The normalized spacial score (nSPS) is 13.7. The number of carbonyl (C=O) groups is 4. The van der Waals surface area contributed by atoms with Crippen LogP contribution in [0, 0.1) is 6.92 Å². The number of hydrogen-bond acceptors (Lipinski definition) is 6. The third kappa shape index (κ3) is 2.91. The highest BCUT2D eigenvalue weighted by molar-refractivity contribution is 6.31. The van der Waals surface area contributed by atoms with Crippen LogP contribution in [0.25, 0.3) is 0 Å². The second-order valence-corrected chi connectivity index (χ2v) is 9.20. The van der Waals surface area contributed by atoms with Gasteiger partial charge in [0.1, 0.15) is 0 Å². The van der Waals surface area contributed by atoms with E-state index in [2.05, 4.69) is 0 Å². The van der Waals surface area contributed by atoms with Crippen molar-refractivity contribution in [3.63, 3.8) is 0 Å². The highest BCUT2D eigenvalue weighted by Crippen LogP contribution is 2.36. The molecule has 4 N–H and O–H groups in total. The summed E-state index contributed by atoms with van der Waals surface area (Å²) in [5.74, 6) is -1.06. The van der Waals surface area contributed by atoms with Gasteiger partial charge in [0.15, 0.2) is 23.1 Å². The number of aryl methyl sites for hydroxylation is 1. The van der Waals surface area contributed by atoms with E-state index < -0.39 is 0 Å². The Bertz CT molecular complexity index is 1710. The summed E-state index contributed by atoms with van der Waals surface area (Å²) in [4.78, 5) is 52.7. The number of hydrogen-bond donors (Lipinski definition) is 2. The van der Waals surface area contributed by atoms with Crippen molar-refractivity contribution in [2.45, 2.75) is 13.3 Å². The largest absolute Gasteiger partial charge is 0.398 e. The molecule has 6 rings (SSSR count). The summed E-state index contributed by atoms with van der Waals surface area (Å²) in [5.41, 5.74) is 17.6. The van der Waals surface area contributed by atoms with Gasteiger partial charge in [-0.05, 0) is 48.2 Å². The molecule has 2 aliphatic carbocycles. The van der Waals surface area contributed by atoms with Gasteiger partial charge >= 0.3 is 0 Å². The lowest BCUT2D eigenvalue weighted by Gasteiger charge is -2.22. The van der Waals surface area contributed by atoms with E-state index in [4.69, 9.17) is 11.5 Å². The molecule has 0 fully saturated rings. The fraction of sp³-hybridized carbons (Fsp3) is 0.0667. The molecule has 0 spiro atoms. The monoisotopic (exact) mass is 472 g/mol. The third-order valence-corrected chi connectivity index (χ3v) is 7.06. The predicted octanol–water partition coefficient (Wildman–Crippen LogP) is 4.30. The smallest absolute Gasteiger partial charge is 0.196 e. The molecule has 0 aliphatic heterocycles. The Morgan fingerprint density at radius 1 is 0.583 bits per heavy atom. The Hall–Kier alpha value is -4.84. The van der Waals surface area contributed by atoms with E-state index in [9.17, 15) is 19.2 Å². The van der Waals surface area contributed by atoms with E-state index in [0.717, 1.165) is 5.56 Å². The lowest BCUT2D eigenvalue weighted by molar-refractivity contribution is 0.0979. The summed E-state index contributed by atoms with van der Waals surface area (Å²) in [6.07, 6.45) is 0.266. The number of ketones is 4. The van der Waals surface area contributed by atoms with Crippen LogP contribution >= 0.6 is 0 Å². The van der Waals surface area contributed by atoms with Crippen molar-refractivity contribution < 1.29 is 19.2 Å². The molecule has 2 aliphatic rings. The van der Waals surface area contributed by atoms with Crippen LogP contribution in [0.15, 0.2) is 66.7 Å². The SMILES string of the molecule is Cc1cccc2c1C(=O)c1cc(Cc3ccc4c(c3N)C(=O)c3ccccc3C4=O)cc(N)c1C2=O. The average Bonchev–Trinajstić information content (AvgIpc) is 2.86. The fourth-order valence-corrected chi connectivity index (χ4v) is 5.32. The molecule has 0 radical (unpaired) electrons. The average molecular weight is 473 g/mol. The minimum atomic E-state index is -0.294. The zero-order valence-electron chi connectivity index (χ0n) is 19.3. The fourth-order valence-electron chi connectivity index (χ4n) is 5.32. The Morgan fingerprint density at radius 3 is 1.94 bits per heavy atom. The van der Waals surface area contributed by atoms with Gasteiger partial charge in [0, 0.05) is 44.8 Å². The molecule has 0 aromatic heterocycles. The number of fused-ring (bicyclic) bond motifs is 4. The Balaban J connectivity index is 1.43. The van der Waals surface area contributed by atoms with E-state index in [1.807, 2.05) is 0 Å². The van der Waals surface area contributed by atoms with Gasteiger partial charge in [-0.15, -0.1) is 0 Å². The zero-order valence-corrected chi connectivity index (χ0v) is 19.3. The van der Waals surface area contributed by atoms with E-state index in [1.54, 1.807) is 73.7 Å². The number of carbonyl (C=O) groups excluding carboxylic acids is 4. The lowest BCUT2D eigenvalue weighted by Crippen LogP contribution is -2.24. The molecule has 0 saturated heterocycles. The molecule has 6 heteroatoms. The summed E-state index contributed by atoms with van der Waals surface area (Å²) >= 11 is 0. The number of benzene rings is 4. The van der Waals surface area contributed by atoms with Crippen molar-refractivity contribution in [1.82, 2.24) is 0 Å². The minimum Gasteiger partial charge on any atom is -0.398 e. The van der Waals surface area contributed by atoms with Gasteiger partial charge in [-0.2, -0.15) is 0 Å². The Morgan fingerprint density at radius 2 is 1.19 bits per heavy atom. The van der Waals surface area contributed by atoms with Gasteiger partial charge in [-0.1, -0.05) is 48.5 Å². The van der Waals surface area contributed by atoms with Gasteiger partial charge in [0.05, 0.1) is 11.1 Å². The quantitative estimate of drug-likeness (QED) is 0.363. The molecule has 0 amide bonds. The standard InChI is InChI=1S/C30H20N2O4/c1-14-5-4-8-19-23(14)30(36)21-12-15(13-22(31)24(21)29(19)35)11-16-9-10-20-25(26(16)32)28(34)18-7-3-2-6-17(18)27(20)33/h2-10,12-13H,11,31-32H2,1H3. The van der Waals surface area contributed by atoms with E-state index in [0.29, 0.717) is 33.4 Å². The molecule has 0 unspecified atom stereocenters. The Kier molecular flexibility index (Phi) is 4.57. The van der Waals surface area contributed by atoms with Crippen LogP contribution < -0.4 is 11.5 Å². The number of nitrogens with two attached hydrogens (primary N) is 2. The van der Waals surface area contributed by atoms with Crippen molar-refractivity contribution in [1.29, 1.82) is 0 Å². The van der Waals surface area contributed by atoms with Gasteiger partial charge in [-0.3, -0.25) is 19.2 Å². The molecule has 0 heterocycles. The first kappa shape index (κ1) is 21.7. The molecule has 4 aromatic rings. The maximum absolute atomic E-state index is 13.4.